The number of amides is 1. The summed E-state index contributed by atoms with van der Waals surface area (Å²) in [5.74, 6) is -0.626. The number of sulfonamides is 1. The number of rotatable bonds is 11. The lowest BCUT2D eigenvalue weighted by Gasteiger charge is -2.20. The van der Waals surface area contributed by atoms with Crippen LogP contribution in [0.15, 0.2) is 78.7 Å². The number of anilines is 1. The van der Waals surface area contributed by atoms with Gasteiger partial charge >= 0.3 is 5.97 Å². The second-order valence-electron chi connectivity index (χ2n) is 6.65. The van der Waals surface area contributed by atoms with Gasteiger partial charge in [-0.1, -0.05) is 18.2 Å². The number of carbonyl (C=O) groups excluding carboxylic acids is 2. The summed E-state index contributed by atoms with van der Waals surface area (Å²) in [5, 5.41) is 0. The average molecular weight is 459 g/mol. The van der Waals surface area contributed by atoms with Gasteiger partial charge in [-0.3, -0.25) is 9.10 Å². The van der Waals surface area contributed by atoms with Crippen LogP contribution in [-0.2, 0) is 19.6 Å². The predicted molar refractivity (Wildman–Crippen MR) is 122 cm³/mol. The summed E-state index contributed by atoms with van der Waals surface area (Å²) in [6.07, 6.45) is 3.10. The van der Waals surface area contributed by atoms with Gasteiger partial charge in [0.1, 0.15) is 5.75 Å². The van der Waals surface area contributed by atoms with E-state index < -0.39 is 28.5 Å². The third-order valence-electron chi connectivity index (χ3n) is 4.54. The maximum Gasteiger partial charge on any atom is 0.338 e. The van der Waals surface area contributed by atoms with Crippen molar-refractivity contribution in [3.05, 3.63) is 79.4 Å². The zero-order valence-electron chi connectivity index (χ0n) is 18.1. The van der Waals surface area contributed by atoms with Crippen LogP contribution in [0.5, 0.6) is 5.75 Å². The number of nitrogens with zero attached hydrogens (tertiary/aromatic N) is 2. The Hall–Kier alpha value is -3.59. The number of carbonyl (C=O) groups is 2. The van der Waals surface area contributed by atoms with E-state index in [0.29, 0.717) is 11.4 Å². The molecular weight excluding hydrogens is 432 g/mol. The molecule has 0 aliphatic rings. The highest BCUT2D eigenvalue weighted by Gasteiger charge is 2.23. The van der Waals surface area contributed by atoms with E-state index in [4.69, 9.17) is 9.47 Å². The molecule has 0 atom stereocenters. The minimum atomic E-state index is -3.94. The summed E-state index contributed by atoms with van der Waals surface area (Å²) in [5.41, 5.74) is 0.440. The maximum absolute atomic E-state index is 13.0. The van der Waals surface area contributed by atoms with Gasteiger partial charge in [-0.2, -0.15) is 0 Å². The number of ether oxygens (including phenoxy) is 2. The Bertz CT molecular complexity index is 1070. The first-order valence-corrected chi connectivity index (χ1v) is 11.1. The van der Waals surface area contributed by atoms with Gasteiger partial charge < -0.3 is 14.4 Å². The summed E-state index contributed by atoms with van der Waals surface area (Å²) in [7, 11) is -1.01. The lowest BCUT2D eigenvalue weighted by atomic mass is 10.2. The van der Waals surface area contributed by atoms with Crippen LogP contribution in [0.25, 0.3) is 0 Å². The Balaban J connectivity index is 2.15. The monoisotopic (exact) mass is 458 g/mol. The van der Waals surface area contributed by atoms with E-state index in [1.54, 1.807) is 36.4 Å². The fraction of sp³-hybridized carbons (Fsp3) is 0.217. The average Bonchev–Trinajstić information content (AvgIpc) is 2.81. The molecule has 0 unspecified atom stereocenters. The third-order valence-corrected chi connectivity index (χ3v) is 6.32. The van der Waals surface area contributed by atoms with Crippen molar-refractivity contribution in [1.82, 2.24) is 4.90 Å². The van der Waals surface area contributed by atoms with Crippen molar-refractivity contribution in [2.45, 2.75) is 4.90 Å². The number of methoxy groups -OCH3 is 1. The van der Waals surface area contributed by atoms with Crippen molar-refractivity contribution >= 4 is 27.6 Å². The Morgan fingerprint density at radius 3 is 2.22 bits per heavy atom. The lowest BCUT2D eigenvalue weighted by molar-refractivity contribution is -0.133. The van der Waals surface area contributed by atoms with Crippen LogP contribution in [0.3, 0.4) is 0 Å². The van der Waals surface area contributed by atoms with E-state index in [1.807, 2.05) is 0 Å². The third kappa shape index (κ3) is 5.98. The van der Waals surface area contributed by atoms with Gasteiger partial charge in [-0.15, -0.1) is 13.2 Å². The van der Waals surface area contributed by atoms with Crippen molar-refractivity contribution < 1.29 is 27.5 Å². The van der Waals surface area contributed by atoms with Gasteiger partial charge in [-0.25, -0.2) is 13.2 Å². The minimum Gasteiger partial charge on any atom is -0.497 e. The lowest BCUT2D eigenvalue weighted by Crippen LogP contribution is -2.35. The first-order chi connectivity index (χ1) is 15.2. The van der Waals surface area contributed by atoms with Crippen molar-refractivity contribution in [3.63, 3.8) is 0 Å². The molecule has 0 bridgehead atoms. The summed E-state index contributed by atoms with van der Waals surface area (Å²) >= 11 is 0. The van der Waals surface area contributed by atoms with Crippen LogP contribution in [0.4, 0.5) is 5.69 Å². The van der Waals surface area contributed by atoms with Gasteiger partial charge in [0.2, 0.25) is 0 Å². The molecule has 0 aliphatic heterocycles. The molecule has 2 rings (SSSR count). The standard InChI is InChI=1S/C23H26N2O6S/c1-5-14-25(15-6-2)22(26)17-31-23(27)18-8-7-9-21(16-18)32(28,29)24(3)19-10-12-20(30-4)13-11-19/h5-13,16H,1-2,14-15,17H2,3-4H3. The molecule has 0 fully saturated rings. The molecule has 0 spiro atoms. The highest BCUT2D eigenvalue weighted by atomic mass is 32.2. The number of esters is 1. The molecule has 2 aromatic carbocycles. The zero-order chi connectivity index (χ0) is 23.7. The van der Waals surface area contributed by atoms with Crippen molar-refractivity contribution in [2.75, 3.05) is 38.2 Å². The van der Waals surface area contributed by atoms with E-state index in [-0.39, 0.29) is 23.5 Å². The topological polar surface area (TPSA) is 93.2 Å². The zero-order valence-corrected chi connectivity index (χ0v) is 18.9. The molecule has 9 heteroatoms. The van der Waals surface area contributed by atoms with E-state index in [1.165, 1.54) is 43.3 Å². The molecule has 0 aromatic heterocycles. The fourth-order valence-corrected chi connectivity index (χ4v) is 4.01. The molecule has 0 saturated heterocycles. The molecule has 2 aromatic rings. The van der Waals surface area contributed by atoms with E-state index in [0.717, 1.165) is 4.31 Å². The van der Waals surface area contributed by atoms with Crippen LogP contribution in [0.2, 0.25) is 0 Å². The molecular formula is C23H26N2O6S. The molecule has 0 heterocycles. The normalized spacial score (nSPS) is 10.7. The van der Waals surface area contributed by atoms with Crippen LogP contribution in [0, 0.1) is 0 Å². The largest absolute Gasteiger partial charge is 0.497 e. The summed E-state index contributed by atoms with van der Waals surface area (Å²) in [6, 6.07) is 12.0. The summed E-state index contributed by atoms with van der Waals surface area (Å²) in [4.78, 5) is 26.0. The Morgan fingerprint density at radius 1 is 1.03 bits per heavy atom. The molecule has 0 saturated carbocycles. The second kappa shape index (κ2) is 11.1. The fourth-order valence-electron chi connectivity index (χ4n) is 2.76. The first kappa shape index (κ1) is 24.7. The molecule has 8 nitrogen and oxygen atoms in total. The molecule has 0 N–H and O–H groups in total. The van der Waals surface area contributed by atoms with Gasteiger partial charge in [-0.05, 0) is 42.5 Å². The SMILES string of the molecule is C=CCN(CC=C)C(=O)COC(=O)c1cccc(S(=O)(=O)N(C)c2ccc(OC)cc2)c1. The van der Waals surface area contributed by atoms with Crippen molar-refractivity contribution in [2.24, 2.45) is 0 Å². The highest BCUT2D eigenvalue weighted by molar-refractivity contribution is 7.92. The van der Waals surface area contributed by atoms with E-state index in [2.05, 4.69) is 13.2 Å². The van der Waals surface area contributed by atoms with Gasteiger partial charge in [0.05, 0.1) is 23.3 Å². The molecule has 0 radical (unpaired) electrons. The Morgan fingerprint density at radius 2 is 1.66 bits per heavy atom. The van der Waals surface area contributed by atoms with Crippen molar-refractivity contribution in [3.8, 4) is 5.75 Å². The smallest absolute Gasteiger partial charge is 0.338 e. The molecule has 32 heavy (non-hydrogen) atoms. The van der Waals surface area contributed by atoms with Crippen LogP contribution in [-0.4, -0.2) is 59.0 Å². The quantitative estimate of drug-likeness (QED) is 0.380. The van der Waals surface area contributed by atoms with Crippen LogP contribution < -0.4 is 9.04 Å². The summed E-state index contributed by atoms with van der Waals surface area (Å²) in [6.45, 7) is 7.25. The molecule has 0 aliphatic carbocycles. The molecule has 1 amide bonds. The maximum atomic E-state index is 13.0. The van der Waals surface area contributed by atoms with Crippen molar-refractivity contribution in [1.29, 1.82) is 0 Å². The van der Waals surface area contributed by atoms with E-state index >= 15 is 0 Å². The number of benzene rings is 2. The number of hydrogen-bond acceptors (Lipinski definition) is 6. The predicted octanol–water partition coefficient (Wildman–Crippen LogP) is 2.88. The van der Waals surface area contributed by atoms with E-state index in [9.17, 15) is 18.0 Å². The molecule has 170 valence electrons. The van der Waals surface area contributed by atoms with Gasteiger partial charge in [0, 0.05) is 20.1 Å². The van der Waals surface area contributed by atoms with Gasteiger partial charge in [0.15, 0.2) is 6.61 Å². The minimum absolute atomic E-state index is 0.0148. The van der Waals surface area contributed by atoms with Crippen LogP contribution in [0.1, 0.15) is 10.4 Å². The Labute approximate surface area is 188 Å². The number of hydrogen-bond donors (Lipinski definition) is 0. The Kier molecular flexibility index (Phi) is 8.60. The van der Waals surface area contributed by atoms with Gasteiger partial charge in [0.25, 0.3) is 15.9 Å². The summed E-state index contributed by atoms with van der Waals surface area (Å²) < 4.78 is 37.3. The second-order valence-corrected chi connectivity index (χ2v) is 8.62. The first-order valence-electron chi connectivity index (χ1n) is 9.64. The highest BCUT2D eigenvalue weighted by Crippen LogP contribution is 2.24. The van der Waals surface area contributed by atoms with Crippen LogP contribution >= 0.6 is 0 Å².